The fraction of sp³-hybridized carbons (Fsp3) is 0.136. The lowest BCUT2D eigenvalue weighted by molar-refractivity contribution is 0.101. The summed E-state index contributed by atoms with van der Waals surface area (Å²) in [5.74, 6) is 0.173. The molecule has 0 N–H and O–H groups in total. The van der Waals surface area contributed by atoms with Gasteiger partial charge in [-0.1, -0.05) is 60.7 Å². The molecule has 3 aromatic rings. The summed E-state index contributed by atoms with van der Waals surface area (Å²) in [5.41, 5.74) is 7.22. The van der Waals surface area contributed by atoms with Gasteiger partial charge in [0.1, 0.15) is 0 Å². The molecule has 1 nitrogen and oxygen atoms in total. The Morgan fingerprint density at radius 1 is 0.917 bits per heavy atom. The Balaban J connectivity index is 1.98. The van der Waals surface area contributed by atoms with E-state index in [4.69, 9.17) is 0 Å². The van der Waals surface area contributed by atoms with E-state index >= 15 is 0 Å². The fourth-order valence-corrected chi connectivity index (χ4v) is 4.94. The Hall–Kier alpha value is -2.45. The Morgan fingerprint density at radius 3 is 2.08 bits per heavy atom. The molecule has 0 fully saturated rings. The van der Waals surface area contributed by atoms with Crippen molar-refractivity contribution >= 4 is 28.3 Å². The largest absolute Gasteiger partial charge is 0.294 e. The Labute approximate surface area is 146 Å². The SMILES string of the molecule is CC(=O)c1c(C)sc2c1CC(c1ccccc1)=C2c1ccccc1. The number of thiophene rings is 1. The van der Waals surface area contributed by atoms with Crippen molar-refractivity contribution in [2.75, 3.05) is 0 Å². The summed E-state index contributed by atoms with van der Waals surface area (Å²) in [5, 5.41) is 0. The molecule has 0 spiro atoms. The normalized spacial score (nSPS) is 13.2. The maximum absolute atomic E-state index is 12.2. The van der Waals surface area contributed by atoms with Crippen LogP contribution in [0.15, 0.2) is 60.7 Å². The summed E-state index contributed by atoms with van der Waals surface area (Å²) in [6, 6.07) is 21.1. The Morgan fingerprint density at radius 2 is 1.50 bits per heavy atom. The quantitative estimate of drug-likeness (QED) is 0.557. The third-order valence-corrected chi connectivity index (χ3v) is 5.77. The highest BCUT2D eigenvalue weighted by atomic mass is 32.1. The number of carbonyl (C=O) groups is 1. The number of aryl methyl sites for hydroxylation is 1. The molecule has 24 heavy (non-hydrogen) atoms. The van der Waals surface area contributed by atoms with E-state index in [1.54, 1.807) is 18.3 Å². The molecule has 0 bridgehead atoms. The van der Waals surface area contributed by atoms with E-state index < -0.39 is 0 Å². The van der Waals surface area contributed by atoms with Crippen molar-refractivity contribution in [3.05, 3.63) is 92.7 Å². The van der Waals surface area contributed by atoms with Crippen LogP contribution in [0.25, 0.3) is 11.1 Å². The Kier molecular flexibility index (Phi) is 3.70. The molecule has 4 rings (SSSR count). The number of benzene rings is 2. The van der Waals surface area contributed by atoms with Crippen molar-refractivity contribution in [3.8, 4) is 0 Å². The lowest BCUT2D eigenvalue weighted by Gasteiger charge is -2.09. The lowest BCUT2D eigenvalue weighted by atomic mass is 9.96. The summed E-state index contributed by atoms with van der Waals surface area (Å²) in [7, 11) is 0. The number of hydrogen-bond donors (Lipinski definition) is 0. The van der Waals surface area contributed by atoms with Crippen molar-refractivity contribution in [1.82, 2.24) is 0 Å². The summed E-state index contributed by atoms with van der Waals surface area (Å²) in [6.07, 6.45) is 0.836. The van der Waals surface area contributed by atoms with Gasteiger partial charge in [-0.2, -0.15) is 0 Å². The highest BCUT2D eigenvalue weighted by molar-refractivity contribution is 7.14. The third-order valence-electron chi connectivity index (χ3n) is 4.60. The van der Waals surface area contributed by atoms with E-state index in [0.717, 1.165) is 16.9 Å². The predicted molar refractivity (Wildman–Crippen MR) is 102 cm³/mol. The second kappa shape index (κ2) is 5.88. The standard InChI is InChI=1S/C22H18OS/c1-14(23)20-15(2)24-22-19(20)13-18(16-9-5-3-6-10-16)21(22)17-11-7-4-8-12-17/h3-12H,13H2,1-2H3. The molecule has 0 saturated carbocycles. The van der Waals surface area contributed by atoms with Crippen LogP contribution in [0.2, 0.25) is 0 Å². The van der Waals surface area contributed by atoms with E-state index in [2.05, 4.69) is 55.5 Å². The van der Waals surface area contributed by atoms with Gasteiger partial charge in [0.15, 0.2) is 5.78 Å². The molecule has 2 aromatic carbocycles. The molecule has 1 aliphatic rings. The fourth-order valence-electron chi connectivity index (χ4n) is 3.62. The number of carbonyl (C=O) groups excluding carboxylic acids is 1. The number of allylic oxidation sites excluding steroid dienone is 1. The minimum atomic E-state index is 0.173. The molecule has 2 heteroatoms. The van der Waals surface area contributed by atoms with Gasteiger partial charge in [-0.15, -0.1) is 11.3 Å². The molecule has 118 valence electrons. The molecule has 1 aromatic heterocycles. The minimum Gasteiger partial charge on any atom is -0.294 e. The summed E-state index contributed by atoms with van der Waals surface area (Å²) < 4.78 is 0. The molecular weight excluding hydrogens is 312 g/mol. The molecule has 0 aliphatic heterocycles. The molecular formula is C22H18OS. The number of hydrogen-bond acceptors (Lipinski definition) is 2. The molecule has 1 aliphatic carbocycles. The Bertz CT molecular complexity index is 946. The van der Waals surface area contributed by atoms with Crippen LogP contribution in [0, 0.1) is 6.92 Å². The van der Waals surface area contributed by atoms with Crippen LogP contribution in [0.3, 0.4) is 0 Å². The van der Waals surface area contributed by atoms with Crippen LogP contribution in [-0.2, 0) is 6.42 Å². The van der Waals surface area contributed by atoms with E-state index in [0.29, 0.717) is 0 Å². The first-order valence-electron chi connectivity index (χ1n) is 8.14. The first-order chi connectivity index (χ1) is 11.7. The van der Waals surface area contributed by atoms with Crippen molar-refractivity contribution in [2.45, 2.75) is 20.3 Å². The molecule has 1 heterocycles. The van der Waals surface area contributed by atoms with Crippen LogP contribution >= 0.6 is 11.3 Å². The molecule has 0 radical (unpaired) electrons. The first kappa shape index (κ1) is 15.1. The average Bonchev–Trinajstić information content (AvgIpc) is 3.10. The van der Waals surface area contributed by atoms with Gasteiger partial charge in [-0.25, -0.2) is 0 Å². The molecule has 0 unspecified atom stereocenters. The second-order valence-electron chi connectivity index (χ2n) is 6.16. The smallest absolute Gasteiger partial charge is 0.161 e. The monoisotopic (exact) mass is 330 g/mol. The third kappa shape index (κ3) is 2.35. The first-order valence-corrected chi connectivity index (χ1v) is 8.96. The summed E-state index contributed by atoms with van der Waals surface area (Å²) in [6.45, 7) is 3.74. The van der Waals surface area contributed by atoms with Crippen LogP contribution in [-0.4, -0.2) is 5.78 Å². The van der Waals surface area contributed by atoms with Crippen molar-refractivity contribution in [3.63, 3.8) is 0 Å². The van der Waals surface area contributed by atoms with Gasteiger partial charge >= 0.3 is 0 Å². The molecule has 0 amide bonds. The molecule has 0 saturated heterocycles. The topological polar surface area (TPSA) is 17.1 Å². The van der Waals surface area contributed by atoms with Gasteiger partial charge < -0.3 is 0 Å². The summed E-state index contributed by atoms with van der Waals surface area (Å²) >= 11 is 1.75. The van der Waals surface area contributed by atoms with Crippen molar-refractivity contribution in [1.29, 1.82) is 0 Å². The summed E-state index contributed by atoms with van der Waals surface area (Å²) in [4.78, 5) is 14.6. The highest BCUT2D eigenvalue weighted by Crippen LogP contribution is 2.48. The van der Waals surface area contributed by atoms with E-state index in [1.165, 1.54) is 32.7 Å². The van der Waals surface area contributed by atoms with E-state index in [-0.39, 0.29) is 5.78 Å². The van der Waals surface area contributed by atoms with Gasteiger partial charge in [0.05, 0.1) is 0 Å². The highest BCUT2D eigenvalue weighted by Gasteiger charge is 2.30. The van der Waals surface area contributed by atoms with Gasteiger partial charge in [0.25, 0.3) is 0 Å². The maximum Gasteiger partial charge on any atom is 0.161 e. The molecule has 0 atom stereocenters. The zero-order chi connectivity index (χ0) is 16.7. The van der Waals surface area contributed by atoms with Crippen LogP contribution in [0.5, 0.6) is 0 Å². The van der Waals surface area contributed by atoms with E-state index in [1.807, 2.05) is 12.1 Å². The zero-order valence-electron chi connectivity index (χ0n) is 13.8. The second-order valence-corrected chi connectivity index (χ2v) is 7.38. The predicted octanol–water partition coefficient (Wildman–Crippen LogP) is 5.77. The minimum absolute atomic E-state index is 0.173. The lowest BCUT2D eigenvalue weighted by Crippen LogP contribution is -1.97. The van der Waals surface area contributed by atoms with Crippen LogP contribution in [0.1, 0.15) is 43.7 Å². The van der Waals surface area contributed by atoms with E-state index in [9.17, 15) is 4.79 Å². The van der Waals surface area contributed by atoms with Gasteiger partial charge in [0.2, 0.25) is 0 Å². The zero-order valence-corrected chi connectivity index (χ0v) is 14.6. The van der Waals surface area contributed by atoms with Crippen molar-refractivity contribution in [2.24, 2.45) is 0 Å². The van der Waals surface area contributed by atoms with Crippen LogP contribution in [0.4, 0.5) is 0 Å². The van der Waals surface area contributed by atoms with Gasteiger partial charge in [-0.05, 0) is 36.1 Å². The van der Waals surface area contributed by atoms with Gasteiger partial charge in [-0.3, -0.25) is 4.79 Å². The number of Topliss-reactive ketones (excluding diaryl/α,β-unsaturated/α-hetero) is 1. The van der Waals surface area contributed by atoms with Crippen molar-refractivity contribution < 1.29 is 4.79 Å². The number of fused-ring (bicyclic) bond motifs is 1. The van der Waals surface area contributed by atoms with Gasteiger partial charge in [0, 0.05) is 27.3 Å². The maximum atomic E-state index is 12.2. The van der Waals surface area contributed by atoms with Crippen LogP contribution < -0.4 is 0 Å². The average molecular weight is 330 g/mol. The number of rotatable bonds is 3. The number of ketones is 1.